The quantitative estimate of drug-likeness (QED) is 0.727. The molecule has 1 aromatic heterocycles. The molecular weight excluding hydrogens is 174 g/mol. The third-order valence-electron chi connectivity index (χ3n) is 3.08. The van der Waals surface area contributed by atoms with E-state index in [1.165, 1.54) is 37.7 Å². The van der Waals surface area contributed by atoms with Gasteiger partial charge in [-0.2, -0.15) is 0 Å². The summed E-state index contributed by atoms with van der Waals surface area (Å²) >= 11 is 0. The van der Waals surface area contributed by atoms with Gasteiger partial charge in [-0.05, 0) is 37.3 Å². The molecular formula is C12H17NO. The molecule has 0 aliphatic heterocycles. The second-order valence-electron chi connectivity index (χ2n) is 4.30. The van der Waals surface area contributed by atoms with Gasteiger partial charge in [0.25, 0.3) is 0 Å². The van der Waals surface area contributed by atoms with E-state index in [1.54, 1.807) is 6.07 Å². The van der Waals surface area contributed by atoms with Crippen LogP contribution in [0.3, 0.4) is 0 Å². The highest BCUT2D eigenvalue weighted by atomic mass is 16.1. The molecule has 2 heteroatoms. The van der Waals surface area contributed by atoms with E-state index in [0.717, 1.165) is 5.69 Å². The highest BCUT2D eigenvalue weighted by molar-refractivity contribution is 5.20. The molecule has 2 nitrogen and oxygen atoms in total. The first-order valence-electron chi connectivity index (χ1n) is 5.46. The molecule has 1 N–H and O–H groups in total. The standard InChI is InChI=1S/C12H17NO/c1-9-7-11(8-12(14)13-9)10-5-3-2-4-6-10/h7-8,10H,2-6H2,1H3,(H,13,14). The van der Waals surface area contributed by atoms with Crippen molar-refractivity contribution in [3.05, 3.63) is 33.7 Å². The van der Waals surface area contributed by atoms with Crippen molar-refractivity contribution >= 4 is 0 Å². The first kappa shape index (κ1) is 9.50. The summed E-state index contributed by atoms with van der Waals surface area (Å²) in [6, 6.07) is 3.89. The van der Waals surface area contributed by atoms with Crippen molar-refractivity contribution in [2.24, 2.45) is 0 Å². The number of aromatic nitrogens is 1. The highest BCUT2D eigenvalue weighted by Crippen LogP contribution is 2.31. The van der Waals surface area contributed by atoms with Crippen LogP contribution in [-0.2, 0) is 0 Å². The molecule has 0 bridgehead atoms. The van der Waals surface area contributed by atoms with Gasteiger partial charge in [0.15, 0.2) is 0 Å². The van der Waals surface area contributed by atoms with E-state index < -0.39 is 0 Å². The number of rotatable bonds is 1. The van der Waals surface area contributed by atoms with Crippen LogP contribution in [0.2, 0.25) is 0 Å². The topological polar surface area (TPSA) is 32.9 Å². The van der Waals surface area contributed by atoms with Crippen LogP contribution in [0.4, 0.5) is 0 Å². The van der Waals surface area contributed by atoms with E-state index in [9.17, 15) is 4.79 Å². The Labute approximate surface area is 84.4 Å². The molecule has 0 atom stereocenters. The Morgan fingerprint density at radius 3 is 2.57 bits per heavy atom. The molecule has 1 fully saturated rings. The maximum Gasteiger partial charge on any atom is 0.248 e. The monoisotopic (exact) mass is 191 g/mol. The van der Waals surface area contributed by atoms with Crippen molar-refractivity contribution in [3.63, 3.8) is 0 Å². The van der Waals surface area contributed by atoms with Crippen molar-refractivity contribution < 1.29 is 0 Å². The summed E-state index contributed by atoms with van der Waals surface area (Å²) in [7, 11) is 0. The van der Waals surface area contributed by atoms with Gasteiger partial charge in [-0.3, -0.25) is 4.79 Å². The summed E-state index contributed by atoms with van der Waals surface area (Å²) in [5.74, 6) is 0.629. The van der Waals surface area contributed by atoms with Gasteiger partial charge in [-0.15, -0.1) is 0 Å². The first-order chi connectivity index (χ1) is 6.75. The maximum absolute atomic E-state index is 11.3. The summed E-state index contributed by atoms with van der Waals surface area (Å²) in [5.41, 5.74) is 2.27. The minimum absolute atomic E-state index is 0.0468. The summed E-state index contributed by atoms with van der Waals surface area (Å²) < 4.78 is 0. The van der Waals surface area contributed by atoms with Gasteiger partial charge in [0, 0.05) is 11.8 Å². The predicted molar refractivity (Wildman–Crippen MR) is 57.6 cm³/mol. The van der Waals surface area contributed by atoms with Crippen LogP contribution < -0.4 is 5.56 Å². The summed E-state index contributed by atoms with van der Waals surface area (Å²) in [6.45, 7) is 1.95. The zero-order valence-electron chi connectivity index (χ0n) is 8.68. The average Bonchev–Trinajstić information content (AvgIpc) is 2.18. The largest absolute Gasteiger partial charge is 0.327 e. The van der Waals surface area contributed by atoms with Gasteiger partial charge in [0.2, 0.25) is 5.56 Å². The van der Waals surface area contributed by atoms with Gasteiger partial charge in [0.1, 0.15) is 0 Å². The lowest BCUT2D eigenvalue weighted by atomic mass is 9.84. The zero-order valence-corrected chi connectivity index (χ0v) is 8.68. The van der Waals surface area contributed by atoms with Crippen molar-refractivity contribution in [2.45, 2.75) is 44.9 Å². The number of aryl methyl sites for hydroxylation is 1. The second-order valence-corrected chi connectivity index (χ2v) is 4.30. The molecule has 14 heavy (non-hydrogen) atoms. The smallest absolute Gasteiger partial charge is 0.248 e. The number of aromatic amines is 1. The van der Waals surface area contributed by atoms with Crippen LogP contribution in [-0.4, -0.2) is 4.98 Å². The lowest BCUT2D eigenvalue weighted by Gasteiger charge is -2.21. The molecule has 0 radical (unpaired) electrons. The lowest BCUT2D eigenvalue weighted by Crippen LogP contribution is -2.12. The Bertz CT molecular complexity index is 361. The van der Waals surface area contributed by atoms with Crippen LogP contribution in [0.5, 0.6) is 0 Å². The van der Waals surface area contributed by atoms with Gasteiger partial charge in [-0.25, -0.2) is 0 Å². The molecule has 0 spiro atoms. The van der Waals surface area contributed by atoms with Crippen molar-refractivity contribution in [2.75, 3.05) is 0 Å². The molecule has 1 aromatic rings. The second kappa shape index (κ2) is 3.99. The molecule has 1 saturated carbocycles. The minimum atomic E-state index is 0.0468. The molecule has 2 rings (SSSR count). The maximum atomic E-state index is 11.3. The van der Waals surface area contributed by atoms with Crippen LogP contribution in [0.1, 0.15) is 49.3 Å². The fourth-order valence-electron chi connectivity index (χ4n) is 2.38. The van der Waals surface area contributed by atoms with E-state index in [4.69, 9.17) is 0 Å². The summed E-state index contributed by atoms with van der Waals surface area (Å²) in [4.78, 5) is 14.1. The molecule has 0 unspecified atom stereocenters. The normalized spacial score (nSPS) is 18.4. The molecule has 1 heterocycles. The van der Waals surface area contributed by atoms with E-state index in [-0.39, 0.29) is 5.56 Å². The van der Waals surface area contributed by atoms with E-state index in [1.807, 2.05) is 6.92 Å². The molecule has 0 amide bonds. The van der Waals surface area contributed by atoms with Crippen LogP contribution >= 0.6 is 0 Å². The lowest BCUT2D eigenvalue weighted by molar-refractivity contribution is 0.443. The Morgan fingerprint density at radius 2 is 1.93 bits per heavy atom. The van der Waals surface area contributed by atoms with Gasteiger partial charge >= 0.3 is 0 Å². The molecule has 0 saturated heterocycles. The van der Waals surface area contributed by atoms with Gasteiger partial charge in [-0.1, -0.05) is 19.3 Å². The van der Waals surface area contributed by atoms with Crippen molar-refractivity contribution in [1.82, 2.24) is 4.98 Å². The highest BCUT2D eigenvalue weighted by Gasteiger charge is 2.15. The fourth-order valence-corrected chi connectivity index (χ4v) is 2.38. The van der Waals surface area contributed by atoms with E-state index in [2.05, 4.69) is 11.1 Å². The number of H-pyrrole nitrogens is 1. The fraction of sp³-hybridized carbons (Fsp3) is 0.583. The Balaban J connectivity index is 2.26. The van der Waals surface area contributed by atoms with Crippen molar-refractivity contribution in [3.8, 4) is 0 Å². The Hall–Kier alpha value is -1.05. The zero-order chi connectivity index (χ0) is 9.97. The predicted octanol–water partition coefficient (Wildman–Crippen LogP) is 2.73. The number of nitrogens with one attached hydrogen (secondary N) is 1. The van der Waals surface area contributed by atoms with Crippen LogP contribution in [0, 0.1) is 6.92 Å². The van der Waals surface area contributed by atoms with Crippen LogP contribution in [0.25, 0.3) is 0 Å². The van der Waals surface area contributed by atoms with E-state index >= 15 is 0 Å². The SMILES string of the molecule is Cc1cc(C2CCCCC2)cc(=O)[nH]1. The Morgan fingerprint density at radius 1 is 1.21 bits per heavy atom. The average molecular weight is 191 g/mol. The molecule has 1 aliphatic rings. The number of hydrogen-bond donors (Lipinski definition) is 1. The van der Waals surface area contributed by atoms with E-state index in [0.29, 0.717) is 5.92 Å². The third-order valence-corrected chi connectivity index (χ3v) is 3.08. The third kappa shape index (κ3) is 2.06. The molecule has 1 aliphatic carbocycles. The number of hydrogen-bond acceptors (Lipinski definition) is 1. The molecule has 0 aromatic carbocycles. The Kier molecular flexibility index (Phi) is 2.71. The van der Waals surface area contributed by atoms with Crippen LogP contribution in [0.15, 0.2) is 16.9 Å². The summed E-state index contributed by atoms with van der Waals surface area (Å²) in [5, 5.41) is 0. The minimum Gasteiger partial charge on any atom is -0.327 e. The summed E-state index contributed by atoms with van der Waals surface area (Å²) in [6.07, 6.45) is 6.50. The van der Waals surface area contributed by atoms with Crippen molar-refractivity contribution in [1.29, 1.82) is 0 Å². The molecule has 76 valence electrons. The van der Waals surface area contributed by atoms with Gasteiger partial charge in [0.05, 0.1) is 0 Å². The number of pyridine rings is 1. The first-order valence-corrected chi connectivity index (χ1v) is 5.46. The van der Waals surface area contributed by atoms with Gasteiger partial charge < -0.3 is 4.98 Å².